The zero-order valence-electron chi connectivity index (χ0n) is 13.4. The van der Waals surface area contributed by atoms with E-state index in [0.29, 0.717) is 13.0 Å². The van der Waals surface area contributed by atoms with Crippen LogP contribution in [0.15, 0.2) is 0 Å². The van der Waals surface area contributed by atoms with Gasteiger partial charge in [-0.15, -0.1) is 0 Å². The molecule has 1 heterocycles. The fraction of sp³-hybridized carbons (Fsp3) is 0.800. The van der Waals surface area contributed by atoms with Crippen molar-refractivity contribution in [2.45, 2.75) is 65.1 Å². The van der Waals surface area contributed by atoms with E-state index in [2.05, 4.69) is 5.32 Å². The Kier molecular flexibility index (Phi) is 5.36. The monoisotopic (exact) mass is 299 g/mol. The topological polar surface area (TPSA) is 81.7 Å². The van der Waals surface area contributed by atoms with E-state index in [1.165, 1.54) is 0 Å². The molecule has 120 valence electrons. The number of nitrogens with one attached hydrogen (secondary N) is 1. The highest BCUT2D eigenvalue weighted by Gasteiger charge is 2.34. The van der Waals surface area contributed by atoms with Crippen LogP contribution in [0, 0.1) is 5.92 Å². The summed E-state index contributed by atoms with van der Waals surface area (Å²) >= 11 is 0. The van der Waals surface area contributed by atoms with E-state index in [4.69, 9.17) is 9.47 Å². The Bertz CT molecular complexity index is 422. The Morgan fingerprint density at radius 3 is 2.33 bits per heavy atom. The third-order valence-electron chi connectivity index (χ3n) is 2.95. The molecule has 0 spiro atoms. The van der Waals surface area contributed by atoms with Crippen LogP contribution in [0.2, 0.25) is 0 Å². The minimum absolute atomic E-state index is 0.0189. The molecule has 1 N–H and O–H groups in total. The number of carbonyl (C=O) groups is 3. The Balaban J connectivity index is 2.52. The zero-order valence-corrected chi connectivity index (χ0v) is 13.4. The maximum atomic E-state index is 12.1. The second kappa shape index (κ2) is 6.45. The van der Waals surface area contributed by atoms with E-state index in [1.54, 1.807) is 34.6 Å². The fourth-order valence-corrected chi connectivity index (χ4v) is 2.10. The first-order chi connectivity index (χ1) is 9.48. The van der Waals surface area contributed by atoms with Crippen molar-refractivity contribution >= 4 is 17.8 Å². The number of ether oxygens (including phenoxy) is 2. The highest BCUT2D eigenvalue weighted by atomic mass is 16.6. The largest absolute Gasteiger partial charge is 0.460 e. The first kappa shape index (κ1) is 17.5. The zero-order chi connectivity index (χ0) is 16.3. The number of carbonyl (C=O) groups excluding carboxylic acids is 3. The smallest absolute Gasteiger partial charge is 0.310 e. The highest BCUT2D eigenvalue weighted by molar-refractivity contribution is 5.84. The summed E-state index contributed by atoms with van der Waals surface area (Å²) in [5.74, 6) is -1.43. The van der Waals surface area contributed by atoms with Gasteiger partial charge in [0, 0.05) is 13.0 Å². The molecule has 1 aliphatic rings. The van der Waals surface area contributed by atoms with Gasteiger partial charge in [-0.05, 0) is 41.0 Å². The molecule has 0 bridgehead atoms. The predicted molar refractivity (Wildman–Crippen MR) is 76.4 cm³/mol. The molecular weight excluding hydrogens is 274 g/mol. The highest BCUT2D eigenvalue weighted by Crippen LogP contribution is 2.22. The summed E-state index contributed by atoms with van der Waals surface area (Å²) in [6.07, 6.45) is 0.684. The molecular formula is C15H25NO5. The van der Waals surface area contributed by atoms with E-state index in [0.717, 1.165) is 0 Å². The van der Waals surface area contributed by atoms with Crippen molar-refractivity contribution in [2.24, 2.45) is 5.92 Å². The lowest BCUT2D eigenvalue weighted by Gasteiger charge is -2.29. The van der Waals surface area contributed by atoms with Crippen LogP contribution in [0.3, 0.4) is 0 Å². The van der Waals surface area contributed by atoms with Crippen molar-refractivity contribution in [1.82, 2.24) is 5.32 Å². The summed E-state index contributed by atoms with van der Waals surface area (Å²) in [5, 5.41) is 2.67. The Hall–Kier alpha value is -1.59. The fourth-order valence-electron chi connectivity index (χ4n) is 2.10. The van der Waals surface area contributed by atoms with E-state index >= 15 is 0 Å². The van der Waals surface area contributed by atoms with Crippen molar-refractivity contribution < 1.29 is 23.9 Å². The van der Waals surface area contributed by atoms with E-state index in [9.17, 15) is 14.4 Å². The van der Waals surface area contributed by atoms with Gasteiger partial charge in [-0.1, -0.05) is 0 Å². The van der Waals surface area contributed by atoms with Crippen LogP contribution in [0.25, 0.3) is 0 Å². The standard InChI is InChI=1S/C15H25NO5/c1-14(2,3)20-12(18)9-15(4,5)21-13(19)10-6-7-16-11(17)8-10/h10H,6-9H2,1-5H3,(H,16,17). The Morgan fingerprint density at radius 1 is 1.19 bits per heavy atom. The van der Waals surface area contributed by atoms with Crippen LogP contribution < -0.4 is 5.32 Å². The van der Waals surface area contributed by atoms with Crippen molar-refractivity contribution in [1.29, 1.82) is 0 Å². The molecule has 0 saturated carbocycles. The molecule has 6 heteroatoms. The van der Waals surface area contributed by atoms with Gasteiger partial charge in [0.05, 0.1) is 12.3 Å². The van der Waals surface area contributed by atoms with Gasteiger partial charge in [0.1, 0.15) is 11.2 Å². The molecule has 0 aromatic heterocycles. The second-order valence-corrected chi connectivity index (χ2v) is 6.98. The summed E-state index contributed by atoms with van der Waals surface area (Å²) < 4.78 is 10.6. The van der Waals surface area contributed by atoms with Gasteiger partial charge in [-0.2, -0.15) is 0 Å². The average molecular weight is 299 g/mol. The molecule has 1 aliphatic heterocycles. The van der Waals surface area contributed by atoms with Gasteiger partial charge in [0.25, 0.3) is 0 Å². The molecule has 1 atom stereocenters. The minimum atomic E-state index is -0.951. The van der Waals surface area contributed by atoms with E-state index < -0.39 is 29.1 Å². The molecule has 6 nitrogen and oxygen atoms in total. The number of amides is 1. The molecule has 1 fully saturated rings. The summed E-state index contributed by atoms with van der Waals surface area (Å²) in [4.78, 5) is 35.2. The first-order valence-electron chi connectivity index (χ1n) is 7.20. The van der Waals surface area contributed by atoms with Crippen LogP contribution in [0.1, 0.15) is 53.9 Å². The van der Waals surface area contributed by atoms with Crippen molar-refractivity contribution in [3.63, 3.8) is 0 Å². The van der Waals surface area contributed by atoms with Crippen LogP contribution in [-0.4, -0.2) is 35.6 Å². The quantitative estimate of drug-likeness (QED) is 0.797. The van der Waals surface area contributed by atoms with Gasteiger partial charge in [0.2, 0.25) is 5.91 Å². The van der Waals surface area contributed by atoms with Gasteiger partial charge in [-0.25, -0.2) is 0 Å². The lowest BCUT2D eigenvalue weighted by Crippen LogP contribution is -2.41. The van der Waals surface area contributed by atoms with Crippen LogP contribution in [0.4, 0.5) is 0 Å². The predicted octanol–water partition coefficient (Wildman–Crippen LogP) is 1.57. The molecule has 0 aromatic carbocycles. The minimum Gasteiger partial charge on any atom is -0.460 e. The average Bonchev–Trinajstić information content (AvgIpc) is 2.24. The molecule has 21 heavy (non-hydrogen) atoms. The molecule has 1 unspecified atom stereocenters. The van der Waals surface area contributed by atoms with Gasteiger partial charge in [-0.3, -0.25) is 14.4 Å². The van der Waals surface area contributed by atoms with Crippen LogP contribution in [0.5, 0.6) is 0 Å². The third kappa shape index (κ3) is 6.60. The summed E-state index contributed by atoms with van der Waals surface area (Å²) in [7, 11) is 0. The number of esters is 2. The van der Waals surface area contributed by atoms with Gasteiger partial charge < -0.3 is 14.8 Å². The maximum absolute atomic E-state index is 12.1. The van der Waals surface area contributed by atoms with Gasteiger partial charge >= 0.3 is 11.9 Å². The summed E-state index contributed by atoms with van der Waals surface area (Å²) in [6, 6.07) is 0. The number of hydrogen-bond donors (Lipinski definition) is 1. The Morgan fingerprint density at radius 2 is 1.81 bits per heavy atom. The van der Waals surface area contributed by atoms with Crippen LogP contribution in [-0.2, 0) is 23.9 Å². The third-order valence-corrected chi connectivity index (χ3v) is 2.95. The summed E-state index contributed by atoms with van der Waals surface area (Å²) in [5.41, 5.74) is -1.52. The number of hydrogen-bond acceptors (Lipinski definition) is 5. The lowest BCUT2D eigenvalue weighted by atomic mass is 9.97. The normalized spacial score (nSPS) is 19.7. The molecule has 0 aliphatic carbocycles. The van der Waals surface area contributed by atoms with Crippen LogP contribution >= 0.6 is 0 Å². The molecule has 1 amide bonds. The van der Waals surface area contributed by atoms with E-state index in [-0.39, 0.29) is 18.7 Å². The number of piperidine rings is 1. The van der Waals surface area contributed by atoms with Crippen molar-refractivity contribution in [3.8, 4) is 0 Å². The van der Waals surface area contributed by atoms with Crippen molar-refractivity contribution in [3.05, 3.63) is 0 Å². The summed E-state index contributed by atoms with van der Waals surface area (Å²) in [6.45, 7) is 9.15. The van der Waals surface area contributed by atoms with Gasteiger partial charge in [0.15, 0.2) is 0 Å². The molecule has 0 aromatic rings. The molecule has 1 rings (SSSR count). The first-order valence-corrected chi connectivity index (χ1v) is 7.20. The van der Waals surface area contributed by atoms with Crippen molar-refractivity contribution in [2.75, 3.05) is 6.54 Å². The SMILES string of the molecule is CC(C)(C)OC(=O)CC(C)(C)OC(=O)C1CCNC(=O)C1. The maximum Gasteiger partial charge on any atom is 0.310 e. The number of rotatable bonds is 4. The lowest BCUT2D eigenvalue weighted by molar-refractivity contribution is -0.172. The second-order valence-electron chi connectivity index (χ2n) is 6.98. The molecule has 0 radical (unpaired) electrons. The molecule has 1 saturated heterocycles. The Labute approximate surface area is 125 Å². The van der Waals surface area contributed by atoms with E-state index in [1.807, 2.05) is 0 Å².